The molecule has 1 aromatic heterocycles. The van der Waals surface area contributed by atoms with Gasteiger partial charge in [0.1, 0.15) is 6.61 Å². The number of hydrogen-bond acceptors (Lipinski definition) is 1. The van der Waals surface area contributed by atoms with Crippen LogP contribution in [0.2, 0.25) is 0 Å². The van der Waals surface area contributed by atoms with Gasteiger partial charge in [-0.2, -0.15) is 4.57 Å². The van der Waals surface area contributed by atoms with E-state index in [0.717, 1.165) is 0 Å². The molecule has 0 spiro atoms. The minimum absolute atomic E-state index is 0.180. The summed E-state index contributed by atoms with van der Waals surface area (Å²) in [5.41, 5.74) is 2.36. The van der Waals surface area contributed by atoms with Crippen molar-refractivity contribution in [2.75, 3.05) is 6.61 Å². The topological polar surface area (TPSA) is 24.1 Å². The Hall–Kier alpha value is -1.41. The normalized spacial score (nSPS) is 10.7. The molecular formula is C12H14NO+. The smallest absolute Gasteiger partial charge is 0.212 e. The van der Waals surface area contributed by atoms with Crippen LogP contribution in [0.3, 0.4) is 0 Å². The lowest BCUT2D eigenvalue weighted by Gasteiger charge is -2.02. The van der Waals surface area contributed by atoms with Crippen LogP contribution < -0.4 is 4.57 Å². The molecule has 1 heterocycles. The van der Waals surface area contributed by atoms with Gasteiger partial charge in [0, 0.05) is 24.4 Å². The highest BCUT2D eigenvalue weighted by atomic mass is 16.3. The first kappa shape index (κ1) is 9.16. The highest BCUT2D eigenvalue weighted by Crippen LogP contribution is 2.09. The Labute approximate surface area is 83.4 Å². The Balaban J connectivity index is 2.69. The number of aromatic nitrogens is 1. The number of aryl methyl sites for hydroxylation is 1. The summed E-state index contributed by atoms with van der Waals surface area (Å²) in [6.45, 7) is 2.90. The monoisotopic (exact) mass is 188 g/mol. The van der Waals surface area contributed by atoms with Crippen LogP contribution in [0.4, 0.5) is 0 Å². The van der Waals surface area contributed by atoms with Gasteiger partial charge in [-0.15, -0.1) is 0 Å². The van der Waals surface area contributed by atoms with Crippen molar-refractivity contribution in [2.45, 2.75) is 13.5 Å². The van der Waals surface area contributed by atoms with Crippen LogP contribution in [0.5, 0.6) is 0 Å². The van der Waals surface area contributed by atoms with E-state index in [1.54, 1.807) is 0 Å². The molecule has 0 radical (unpaired) electrons. The Morgan fingerprint density at radius 3 is 2.71 bits per heavy atom. The molecule has 0 saturated heterocycles. The van der Waals surface area contributed by atoms with Crippen LogP contribution in [0.1, 0.15) is 5.69 Å². The van der Waals surface area contributed by atoms with Gasteiger partial charge >= 0.3 is 0 Å². The second-order valence-corrected chi connectivity index (χ2v) is 3.41. The number of nitrogens with zero attached hydrogens (tertiary/aromatic N) is 1. The predicted octanol–water partition coefficient (Wildman–Crippen LogP) is 1.43. The third kappa shape index (κ3) is 1.49. The molecule has 0 bridgehead atoms. The first-order chi connectivity index (χ1) is 6.83. The van der Waals surface area contributed by atoms with Gasteiger partial charge in [-0.25, -0.2) is 0 Å². The van der Waals surface area contributed by atoms with Gasteiger partial charge < -0.3 is 5.11 Å². The Bertz CT molecular complexity index is 451. The molecule has 0 aliphatic carbocycles. The molecule has 0 atom stereocenters. The highest BCUT2D eigenvalue weighted by Gasteiger charge is 2.10. The summed E-state index contributed by atoms with van der Waals surface area (Å²) in [6.07, 6.45) is 0. The number of aliphatic hydroxyl groups excluding tert-OH is 1. The highest BCUT2D eigenvalue weighted by molar-refractivity contribution is 5.75. The van der Waals surface area contributed by atoms with Gasteiger partial charge in [0.05, 0.1) is 0 Å². The second-order valence-electron chi connectivity index (χ2n) is 3.41. The van der Waals surface area contributed by atoms with E-state index in [1.807, 2.05) is 12.1 Å². The standard InChI is InChI=1S/C12H14NO/c1-10-6-7-11-4-2-3-5-12(11)13(10)8-9-14/h2-7,14H,8-9H2,1H3/q+1. The summed E-state index contributed by atoms with van der Waals surface area (Å²) in [7, 11) is 0. The number of rotatable bonds is 2. The van der Waals surface area contributed by atoms with Crippen LogP contribution in [-0.2, 0) is 6.54 Å². The summed E-state index contributed by atoms with van der Waals surface area (Å²) >= 11 is 0. The molecule has 0 aliphatic heterocycles. The van der Waals surface area contributed by atoms with E-state index in [4.69, 9.17) is 5.11 Å². The van der Waals surface area contributed by atoms with Gasteiger partial charge in [0.2, 0.25) is 5.52 Å². The van der Waals surface area contributed by atoms with Gasteiger partial charge in [0.25, 0.3) is 0 Å². The summed E-state index contributed by atoms with van der Waals surface area (Å²) in [6, 6.07) is 12.4. The number of benzene rings is 1. The number of hydrogen-bond donors (Lipinski definition) is 1. The number of fused-ring (bicyclic) bond motifs is 1. The first-order valence-electron chi connectivity index (χ1n) is 4.82. The van der Waals surface area contributed by atoms with Crippen molar-refractivity contribution in [3.05, 3.63) is 42.1 Å². The molecule has 1 aromatic carbocycles. The van der Waals surface area contributed by atoms with Gasteiger partial charge in [-0.1, -0.05) is 12.1 Å². The van der Waals surface area contributed by atoms with Gasteiger partial charge in [0.15, 0.2) is 12.2 Å². The fraction of sp³-hybridized carbons (Fsp3) is 0.250. The summed E-state index contributed by atoms with van der Waals surface area (Å²) in [5, 5.41) is 10.2. The molecule has 0 fully saturated rings. The van der Waals surface area contributed by atoms with E-state index >= 15 is 0 Å². The zero-order chi connectivity index (χ0) is 9.97. The zero-order valence-electron chi connectivity index (χ0n) is 8.27. The van der Waals surface area contributed by atoms with Crippen LogP contribution >= 0.6 is 0 Å². The average Bonchev–Trinajstić information content (AvgIpc) is 2.23. The van der Waals surface area contributed by atoms with Crippen LogP contribution in [0.25, 0.3) is 10.9 Å². The first-order valence-corrected chi connectivity index (χ1v) is 4.82. The summed E-state index contributed by atoms with van der Waals surface area (Å²) in [4.78, 5) is 0. The minimum atomic E-state index is 0.180. The van der Waals surface area contributed by atoms with E-state index in [1.165, 1.54) is 16.6 Å². The Kier molecular flexibility index (Phi) is 2.46. The minimum Gasteiger partial charge on any atom is -0.390 e. The van der Waals surface area contributed by atoms with E-state index in [9.17, 15) is 0 Å². The Morgan fingerprint density at radius 2 is 1.93 bits per heavy atom. The summed E-state index contributed by atoms with van der Waals surface area (Å²) in [5.74, 6) is 0. The lowest BCUT2D eigenvalue weighted by atomic mass is 10.2. The molecule has 1 N–H and O–H groups in total. The van der Waals surface area contributed by atoms with Gasteiger partial charge in [-0.3, -0.25) is 0 Å². The summed E-state index contributed by atoms with van der Waals surface area (Å²) < 4.78 is 2.13. The van der Waals surface area contributed by atoms with Crippen molar-refractivity contribution in [3.8, 4) is 0 Å². The Morgan fingerprint density at radius 1 is 1.14 bits per heavy atom. The second kappa shape index (κ2) is 3.76. The molecule has 2 rings (SSSR count). The molecule has 0 saturated carbocycles. The molecule has 72 valence electrons. The number of pyridine rings is 1. The third-order valence-corrected chi connectivity index (χ3v) is 2.48. The third-order valence-electron chi connectivity index (χ3n) is 2.48. The van der Waals surface area contributed by atoms with Crippen molar-refractivity contribution in [2.24, 2.45) is 0 Å². The predicted molar refractivity (Wildman–Crippen MR) is 56.0 cm³/mol. The van der Waals surface area contributed by atoms with Crippen LogP contribution in [0, 0.1) is 6.92 Å². The molecule has 0 amide bonds. The largest absolute Gasteiger partial charge is 0.390 e. The van der Waals surface area contributed by atoms with Gasteiger partial charge in [-0.05, 0) is 12.1 Å². The molecule has 2 aromatic rings. The van der Waals surface area contributed by atoms with Crippen LogP contribution in [0.15, 0.2) is 36.4 Å². The van der Waals surface area contributed by atoms with Crippen molar-refractivity contribution in [1.29, 1.82) is 0 Å². The molecular weight excluding hydrogens is 174 g/mol. The van der Waals surface area contributed by atoms with Crippen molar-refractivity contribution in [1.82, 2.24) is 0 Å². The lowest BCUT2D eigenvalue weighted by molar-refractivity contribution is -0.678. The SMILES string of the molecule is Cc1ccc2ccccc2[n+]1CCO. The molecule has 2 heteroatoms. The van der Waals surface area contributed by atoms with Crippen LogP contribution in [-0.4, -0.2) is 11.7 Å². The molecule has 0 aliphatic rings. The molecule has 0 unspecified atom stereocenters. The van der Waals surface area contributed by atoms with Crippen molar-refractivity contribution < 1.29 is 9.67 Å². The quantitative estimate of drug-likeness (QED) is 0.708. The van der Waals surface area contributed by atoms with E-state index < -0.39 is 0 Å². The van der Waals surface area contributed by atoms with E-state index in [0.29, 0.717) is 6.54 Å². The maximum absolute atomic E-state index is 8.98. The maximum Gasteiger partial charge on any atom is 0.212 e. The fourth-order valence-electron chi connectivity index (χ4n) is 1.76. The average molecular weight is 188 g/mol. The van der Waals surface area contributed by atoms with E-state index in [2.05, 4.69) is 35.8 Å². The van der Waals surface area contributed by atoms with Crippen molar-refractivity contribution >= 4 is 10.9 Å². The number of para-hydroxylation sites is 1. The van der Waals surface area contributed by atoms with Crippen molar-refractivity contribution in [3.63, 3.8) is 0 Å². The maximum atomic E-state index is 8.98. The lowest BCUT2D eigenvalue weighted by Crippen LogP contribution is -2.39. The fourth-order valence-corrected chi connectivity index (χ4v) is 1.76. The molecule has 2 nitrogen and oxygen atoms in total. The van der Waals surface area contributed by atoms with E-state index in [-0.39, 0.29) is 6.61 Å². The molecule has 14 heavy (non-hydrogen) atoms. The number of aliphatic hydroxyl groups is 1. The zero-order valence-corrected chi connectivity index (χ0v) is 8.27.